The third-order valence-corrected chi connectivity index (χ3v) is 2.20. The van der Waals surface area contributed by atoms with Crippen LogP contribution in [0.1, 0.15) is 13.8 Å². The molecule has 0 aliphatic rings. The monoisotopic (exact) mass is 231 g/mol. The van der Waals surface area contributed by atoms with E-state index in [0.29, 0.717) is 13.1 Å². The van der Waals surface area contributed by atoms with Gasteiger partial charge in [-0.1, -0.05) is 0 Å². The molecule has 2 N–H and O–H groups in total. The quantitative estimate of drug-likeness (QED) is 0.677. The predicted octanol–water partition coefficient (Wildman–Crippen LogP) is 0.0526. The number of nitrogens with one attached hydrogen (secondary N) is 1. The molecule has 0 radical (unpaired) electrons. The minimum Gasteiger partial charge on any atom is -0.480 e. The van der Waals surface area contributed by atoms with Crippen molar-refractivity contribution in [3.63, 3.8) is 0 Å². The summed E-state index contributed by atoms with van der Waals surface area (Å²) in [5.41, 5.74) is 0. The smallest absolute Gasteiger partial charge is 0.323 e. The number of likely N-dealkylation sites (N-methyl/N-ethyl adjacent to an activating group) is 2. The molecule has 0 aromatic carbocycles. The van der Waals surface area contributed by atoms with Crippen LogP contribution in [0, 0.1) is 0 Å². The first-order chi connectivity index (χ1) is 7.40. The highest BCUT2D eigenvalue weighted by atomic mass is 16.4. The van der Waals surface area contributed by atoms with E-state index in [4.69, 9.17) is 5.11 Å². The molecular weight excluding hydrogens is 210 g/mol. The van der Waals surface area contributed by atoms with Gasteiger partial charge in [-0.15, -0.1) is 0 Å². The Balaban J connectivity index is 4.42. The molecule has 0 saturated carbocycles. The molecule has 0 unspecified atom stereocenters. The van der Waals surface area contributed by atoms with Gasteiger partial charge in [-0.2, -0.15) is 0 Å². The second-order valence-electron chi connectivity index (χ2n) is 3.92. The zero-order valence-corrected chi connectivity index (χ0v) is 10.4. The van der Waals surface area contributed by atoms with Gasteiger partial charge in [0.05, 0.1) is 0 Å². The molecule has 6 nitrogen and oxygen atoms in total. The normalized spacial score (nSPS) is 10.3. The molecule has 0 fully saturated rings. The largest absolute Gasteiger partial charge is 0.480 e. The van der Waals surface area contributed by atoms with E-state index in [-0.39, 0.29) is 18.6 Å². The molecule has 0 saturated heterocycles. The van der Waals surface area contributed by atoms with E-state index in [9.17, 15) is 9.59 Å². The molecule has 0 aliphatic heterocycles. The summed E-state index contributed by atoms with van der Waals surface area (Å²) in [5, 5.41) is 11.6. The molecule has 0 aromatic rings. The Morgan fingerprint density at radius 2 is 1.94 bits per heavy atom. The van der Waals surface area contributed by atoms with Gasteiger partial charge in [0, 0.05) is 26.2 Å². The second kappa shape index (κ2) is 7.05. The zero-order valence-electron chi connectivity index (χ0n) is 10.4. The third-order valence-electron chi connectivity index (χ3n) is 2.20. The van der Waals surface area contributed by atoms with Crippen molar-refractivity contribution in [3.8, 4) is 0 Å². The van der Waals surface area contributed by atoms with Crippen LogP contribution in [0.3, 0.4) is 0 Å². The van der Waals surface area contributed by atoms with Crippen LogP contribution in [0.25, 0.3) is 0 Å². The minimum atomic E-state index is -0.996. The summed E-state index contributed by atoms with van der Waals surface area (Å²) in [6.07, 6.45) is 0. The Morgan fingerprint density at radius 3 is 2.31 bits per heavy atom. The Labute approximate surface area is 96.2 Å². The van der Waals surface area contributed by atoms with Gasteiger partial charge in [-0.3, -0.25) is 4.79 Å². The van der Waals surface area contributed by atoms with E-state index in [1.165, 1.54) is 9.80 Å². The van der Waals surface area contributed by atoms with Crippen LogP contribution >= 0.6 is 0 Å². The van der Waals surface area contributed by atoms with Crippen molar-refractivity contribution in [2.45, 2.75) is 19.9 Å². The molecule has 94 valence electrons. The summed E-state index contributed by atoms with van der Waals surface area (Å²) >= 11 is 0. The van der Waals surface area contributed by atoms with Crippen molar-refractivity contribution in [2.24, 2.45) is 0 Å². The zero-order chi connectivity index (χ0) is 12.7. The summed E-state index contributed by atoms with van der Waals surface area (Å²) in [7, 11) is 3.46. The van der Waals surface area contributed by atoms with Crippen LogP contribution in [0.5, 0.6) is 0 Å². The number of urea groups is 1. The highest BCUT2D eigenvalue weighted by molar-refractivity contribution is 5.80. The Morgan fingerprint density at radius 1 is 1.38 bits per heavy atom. The number of carbonyl (C=O) groups excluding carboxylic acids is 1. The highest BCUT2D eigenvalue weighted by Gasteiger charge is 2.22. The van der Waals surface area contributed by atoms with Crippen LogP contribution in [-0.4, -0.2) is 66.7 Å². The fraction of sp³-hybridized carbons (Fsp3) is 0.800. The number of carbonyl (C=O) groups is 2. The minimum absolute atomic E-state index is 0.124. The number of aliphatic carboxylic acids is 1. The number of hydrogen-bond acceptors (Lipinski definition) is 3. The van der Waals surface area contributed by atoms with Crippen molar-refractivity contribution in [2.75, 3.05) is 33.7 Å². The lowest BCUT2D eigenvalue weighted by Gasteiger charge is -2.29. The topological polar surface area (TPSA) is 72.9 Å². The lowest BCUT2D eigenvalue weighted by atomic mass is 10.3. The molecule has 0 heterocycles. The number of amides is 2. The van der Waals surface area contributed by atoms with Crippen molar-refractivity contribution < 1.29 is 14.7 Å². The van der Waals surface area contributed by atoms with Gasteiger partial charge in [0.25, 0.3) is 0 Å². The van der Waals surface area contributed by atoms with E-state index in [0.717, 1.165) is 0 Å². The standard InChI is InChI=1S/C10H21N3O3/c1-8(2)13(7-9(14)15)10(16)12(4)6-5-11-3/h8,11H,5-7H2,1-4H3,(H,14,15). The van der Waals surface area contributed by atoms with Crippen LogP contribution < -0.4 is 5.32 Å². The summed E-state index contributed by atoms with van der Waals surface area (Å²) < 4.78 is 0. The van der Waals surface area contributed by atoms with Crippen LogP contribution in [0.2, 0.25) is 0 Å². The summed E-state index contributed by atoms with van der Waals surface area (Å²) in [6.45, 7) is 4.57. The molecule has 0 rings (SSSR count). The Kier molecular flexibility index (Phi) is 6.48. The van der Waals surface area contributed by atoms with Gasteiger partial charge in [-0.25, -0.2) is 4.79 Å². The van der Waals surface area contributed by atoms with E-state index in [2.05, 4.69) is 5.32 Å². The molecule has 0 bridgehead atoms. The van der Waals surface area contributed by atoms with Gasteiger partial charge >= 0.3 is 12.0 Å². The lowest BCUT2D eigenvalue weighted by Crippen LogP contribution is -2.48. The molecule has 6 heteroatoms. The molecule has 0 spiro atoms. The number of nitrogens with zero attached hydrogens (tertiary/aromatic N) is 2. The molecule has 0 aliphatic carbocycles. The van der Waals surface area contributed by atoms with Gasteiger partial charge in [0.15, 0.2) is 0 Å². The first kappa shape index (κ1) is 14.7. The molecular formula is C10H21N3O3. The van der Waals surface area contributed by atoms with Crippen molar-refractivity contribution >= 4 is 12.0 Å². The number of carboxylic acids is 1. The molecule has 2 amide bonds. The SMILES string of the molecule is CNCCN(C)C(=O)N(CC(=O)O)C(C)C. The number of carboxylic acid groups (broad SMARTS) is 1. The van der Waals surface area contributed by atoms with Crippen molar-refractivity contribution in [3.05, 3.63) is 0 Å². The molecule has 0 atom stereocenters. The van der Waals surface area contributed by atoms with E-state index < -0.39 is 5.97 Å². The lowest BCUT2D eigenvalue weighted by molar-refractivity contribution is -0.138. The second-order valence-corrected chi connectivity index (χ2v) is 3.92. The highest BCUT2D eigenvalue weighted by Crippen LogP contribution is 2.02. The van der Waals surface area contributed by atoms with Gasteiger partial charge in [0.1, 0.15) is 6.54 Å². The Bertz CT molecular complexity index is 243. The average Bonchev–Trinajstić information content (AvgIpc) is 2.20. The molecule has 0 aromatic heterocycles. The first-order valence-corrected chi connectivity index (χ1v) is 5.28. The maximum absolute atomic E-state index is 11.9. The number of rotatable bonds is 6. The van der Waals surface area contributed by atoms with Crippen molar-refractivity contribution in [1.29, 1.82) is 0 Å². The third kappa shape index (κ3) is 4.97. The van der Waals surface area contributed by atoms with E-state index in [1.807, 2.05) is 0 Å². The number of hydrogen-bond donors (Lipinski definition) is 2. The molecule has 16 heavy (non-hydrogen) atoms. The van der Waals surface area contributed by atoms with E-state index in [1.54, 1.807) is 27.9 Å². The Hall–Kier alpha value is -1.30. The first-order valence-electron chi connectivity index (χ1n) is 5.28. The maximum Gasteiger partial charge on any atom is 0.323 e. The van der Waals surface area contributed by atoms with E-state index >= 15 is 0 Å². The maximum atomic E-state index is 11.9. The van der Waals surface area contributed by atoms with Crippen molar-refractivity contribution in [1.82, 2.24) is 15.1 Å². The van der Waals surface area contributed by atoms with Gasteiger partial charge in [-0.05, 0) is 20.9 Å². The van der Waals surface area contributed by atoms with Gasteiger partial charge in [0.2, 0.25) is 0 Å². The van der Waals surface area contributed by atoms with Gasteiger partial charge < -0.3 is 20.2 Å². The summed E-state index contributed by atoms with van der Waals surface area (Å²) in [5.74, 6) is -0.996. The van der Waals surface area contributed by atoms with Crippen LogP contribution in [-0.2, 0) is 4.79 Å². The van der Waals surface area contributed by atoms with Crippen LogP contribution in [0.4, 0.5) is 4.79 Å². The fourth-order valence-electron chi connectivity index (χ4n) is 1.21. The average molecular weight is 231 g/mol. The fourth-order valence-corrected chi connectivity index (χ4v) is 1.21. The predicted molar refractivity (Wildman–Crippen MR) is 61.4 cm³/mol. The summed E-state index contributed by atoms with van der Waals surface area (Å²) in [6, 6.07) is -0.381. The van der Waals surface area contributed by atoms with Crippen LogP contribution in [0.15, 0.2) is 0 Å². The summed E-state index contributed by atoms with van der Waals surface area (Å²) in [4.78, 5) is 25.4.